The number of sulfonamides is 1. The molecular weight excluding hydrogens is 585 g/mol. The normalized spacial score (nSPS) is 14.4. The monoisotopic (exact) mass is 625 g/mol. The molecule has 0 heterocycles. The van der Waals surface area contributed by atoms with Crippen LogP contribution in [0.5, 0.6) is 11.5 Å². The third-order valence-electron chi connectivity index (χ3n) is 8.06. The molecule has 0 aliphatic heterocycles. The molecule has 1 aliphatic rings. The first-order chi connectivity index (χ1) is 21.0. The molecule has 1 N–H and O–H groups in total. The molecule has 9 nitrogen and oxygen atoms in total. The summed E-state index contributed by atoms with van der Waals surface area (Å²) >= 11 is 0. The lowest BCUT2D eigenvalue weighted by molar-refractivity contribution is -0.139. The second kappa shape index (κ2) is 14.6. The second-order valence-corrected chi connectivity index (χ2v) is 12.8. The van der Waals surface area contributed by atoms with Gasteiger partial charge < -0.3 is 19.7 Å². The molecule has 4 rings (SSSR count). The summed E-state index contributed by atoms with van der Waals surface area (Å²) in [5, 5.41) is 3.09. The van der Waals surface area contributed by atoms with Crippen molar-refractivity contribution < 1.29 is 31.9 Å². The minimum atomic E-state index is -4.38. The Morgan fingerprint density at radius 2 is 1.61 bits per heavy atom. The molecule has 0 unspecified atom stereocenters. The van der Waals surface area contributed by atoms with Gasteiger partial charge in [0.2, 0.25) is 11.8 Å². The van der Waals surface area contributed by atoms with Crippen molar-refractivity contribution in [3.8, 4) is 11.5 Å². The Morgan fingerprint density at radius 3 is 2.25 bits per heavy atom. The highest BCUT2D eigenvalue weighted by Crippen LogP contribution is 2.32. The second-order valence-electron chi connectivity index (χ2n) is 11.0. The maximum Gasteiger partial charge on any atom is 0.264 e. The van der Waals surface area contributed by atoms with Gasteiger partial charge in [-0.2, -0.15) is 0 Å². The zero-order chi connectivity index (χ0) is 31.9. The van der Waals surface area contributed by atoms with E-state index in [1.54, 1.807) is 6.92 Å². The predicted octanol–water partition coefficient (Wildman–Crippen LogP) is 5.21. The van der Waals surface area contributed by atoms with E-state index < -0.39 is 34.3 Å². The SMILES string of the molecule is COc1ccc(S(=O)(=O)N(CC(=O)N(Cc2ccccc2C)[C@@H](C)C(=O)NC2CCCCC2)c2ccc(F)cc2)cc1OC. The lowest BCUT2D eigenvalue weighted by Crippen LogP contribution is -2.53. The van der Waals surface area contributed by atoms with Gasteiger partial charge in [-0.1, -0.05) is 43.5 Å². The van der Waals surface area contributed by atoms with Gasteiger partial charge in [0, 0.05) is 18.7 Å². The van der Waals surface area contributed by atoms with Crippen LogP contribution in [0, 0.1) is 12.7 Å². The molecule has 0 bridgehead atoms. The average Bonchev–Trinajstić information content (AvgIpc) is 3.03. The van der Waals surface area contributed by atoms with Crippen LogP contribution in [0.2, 0.25) is 0 Å². The topological polar surface area (TPSA) is 105 Å². The number of hydrogen-bond acceptors (Lipinski definition) is 6. The number of halogens is 1. The van der Waals surface area contributed by atoms with E-state index in [1.165, 1.54) is 49.5 Å². The first kappa shape index (κ1) is 32.8. The number of carbonyl (C=O) groups excluding carboxylic acids is 2. The van der Waals surface area contributed by atoms with E-state index in [9.17, 15) is 22.4 Å². The number of anilines is 1. The number of ether oxygens (including phenoxy) is 2. The van der Waals surface area contributed by atoms with Crippen molar-refractivity contribution in [2.45, 2.75) is 69.5 Å². The van der Waals surface area contributed by atoms with E-state index in [4.69, 9.17) is 9.47 Å². The van der Waals surface area contributed by atoms with Crippen molar-refractivity contribution in [2.24, 2.45) is 0 Å². The van der Waals surface area contributed by atoms with E-state index in [0.29, 0.717) is 5.75 Å². The Hall–Kier alpha value is -4.12. The van der Waals surface area contributed by atoms with Gasteiger partial charge in [-0.25, -0.2) is 12.8 Å². The maximum absolute atomic E-state index is 14.2. The number of nitrogens with zero attached hydrogens (tertiary/aromatic N) is 2. The van der Waals surface area contributed by atoms with Gasteiger partial charge in [0.1, 0.15) is 18.4 Å². The molecule has 1 atom stereocenters. The molecule has 1 saturated carbocycles. The van der Waals surface area contributed by atoms with Crippen molar-refractivity contribution in [3.63, 3.8) is 0 Å². The summed E-state index contributed by atoms with van der Waals surface area (Å²) in [5.74, 6) is -0.924. The molecular formula is C33H40FN3O6S. The molecule has 3 aromatic carbocycles. The van der Waals surface area contributed by atoms with Crippen LogP contribution in [-0.2, 0) is 26.2 Å². The summed E-state index contributed by atoms with van der Waals surface area (Å²) in [6, 6.07) is 15.6. The molecule has 0 saturated heterocycles. The average molecular weight is 626 g/mol. The molecule has 2 amide bonds. The molecule has 44 heavy (non-hydrogen) atoms. The van der Waals surface area contributed by atoms with Crippen LogP contribution in [0.25, 0.3) is 0 Å². The van der Waals surface area contributed by atoms with Crippen LogP contribution in [0.15, 0.2) is 71.6 Å². The first-order valence-electron chi connectivity index (χ1n) is 14.7. The summed E-state index contributed by atoms with van der Waals surface area (Å²) in [4.78, 5) is 28.9. The number of carbonyl (C=O) groups is 2. The third-order valence-corrected chi connectivity index (χ3v) is 9.83. The highest BCUT2D eigenvalue weighted by atomic mass is 32.2. The molecule has 0 aromatic heterocycles. The highest BCUT2D eigenvalue weighted by Gasteiger charge is 2.34. The Kier molecular flexibility index (Phi) is 10.9. The van der Waals surface area contributed by atoms with E-state index in [2.05, 4.69) is 5.32 Å². The Bertz CT molecular complexity index is 1560. The van der Waals surface area contributed by atoms with Crippen molar-refractivity contribution in [2.75, 3.05) is 25.1 Å². The number of aryl methyl sites for hydroxylation is 1. The van der Waals surface area contributed by atoms with Crippen LogP contribution in [0.4, 0.5) is 10.1 Å². The Balaban J connectivity index is 1.71. The smallest absolute Gasteiger partial charge is 0.264 e. The van der Waals surface area contributed by atoms with Gasteiger partial charge in [-0.15, -0.1) is 0 Å². The maximum atomic E-state index is 14.2. The molecule has 0 radical (unpaired) electrons. The molecule has 1 aliphatic carbocycles. The van der Waals surface area contributed by atoms with Crippen molar-refractivity contribution >= 4 is 27.5 Å². The number of methoxy groups -OCH3 is 2. The van der Waals surface area contributed by atoms with E-state index >= 15 is 0 Å². The number of benzene rings is 3. The summed E-state index contributed by atoms with van der Waals surface area (Å²) in [6.07, 6.45) is 4.96. The Labute approximate surface area is 259 Å². The fraction of sp³-hybridized carbons (Fsp3) is 0.394. The van der Waals surface area contributed by atoms with Crippen molar-refractivity contribution in [3.05, 3.63) is 83.7 Å². The minimum Gasteiger partial charge on any atom is -0.493 e. The fourth-order valence-corrected chi connectivity index (χ4v) is 6.79. The quantitative estimate of drug-likeness (QED) is 0.296. The van der Waals surface area contributed by atoms with E-state index in [-0.39, 0.29) is 34.8 Å². The molecule has 236 valence electrons. The van der Waals surface area contributed by atoms with Gasteiger partial charge in [0.25, 0.3) is 10.0 Å². The van der Waals surface area contributed by atoms with Crippen molar-refractivity contribution in [1.29, 1.82) is 0 Å². The lowest BCUT2D eigenvalue weighted by atomic mass is 9.95. The zero-order valence-corrected chi connectivity index (χ0v) is 26.4. The van der Waals surface area contributed by atoms with E-state index in [0.717, 1.165) is 59.7 Å². The first-order valence-corrected chi connectivity index (χ1v) is 16.1. The van der Waals surface area contributed by atoms with Crippen LogP contribution in [-0.4, -0.2) is 58.0 Å². The van der Waals surface area contributed by atoms with Gasteiger partial charge in [0.15, 0.2) is 11.5 Å². The number of rotatable bonds is 12. The van der Waals surface area contributed by atoms with Crippen LogP contribution in [0.1, 0.15) is 50.2 Å². The summed E-state index contributed by atoms with van der Waals surface area (Å²) < 4.78 is 53.6. The molecule has 1 fully saturated rings. The summed E-state index contributed by atoms with van der Waals surface area (Å²) in [6.45, 7) is 3.03. The van der Waals surface area contributed by atoms with Gasteiger partial charge >= 0.3 is 0 Å². The summed E-state index contributed by atoms with van der Waals surface area (Å²) in [5.41, 5.74) is 1.84. The molecule has 11 heteroatoms. The van der Waals surface area contributed by atoms with E-state index in [1.807, 2.05) is 31.2 Å². The Morgan fingerprint density at radius 1 is 0.955 bits per heavy atom. The molecule has 3 aromatic rings. The third kappa shape index (κ3) is 7.68. The lowest BCUT2D eigenvalue weighted by Gasteiger charge is -2.33. The summed E-state index contributed by atoms with van der Waals surface area (Å²) in [7, 11) is -1.55. The standard InChI is InChI=1S/C33H40FN3O6S/c1-23-10-8-9-11-25(23)21-36(24(2)33(39)35-27-12-6-5-7-13-27)32(38)22-37(28-16-14-26(34)15-17-28)44(40,41)29-18-19-30(42-3)31(20-29)43-4/h8-11,14-20,24,27H,5-7,12-13,21-22H2,1-4H3,(H,35,39)/t24-/m0/s1. The van der Waals surface area contributed by atoms with Crippen LogP contribution < -0.4 is 19.1 Å². The molecule has 0 spiro atoms. The van der Waals surface area contributed by atoms with Gasteiger partial charge in [-0.3, -0.25) is 13.9 Å². The van der Waals surface area contributed by atoms with Crippen LogP contribution >= 0.6 is 0 Å². The number of hydrogen-bond donors (Lipinski definition) is 1. The van der Waals surface area contributed by atoms with Gasteiger partial charge in [-0.05, 0) is 74.2 Å². The fourth-order valence-electron chi connectivity index (χ4n) is 5.36. The number of nitrogens with one attached hydrogen (secondary N) is 1. The minimum absolute atomic E-state index is 0.0373. The largest absolute Gasteiger partial charge is 0.493 e. The van der Waals surface area contributed by atoms with Gasteiger partial charge in [0.05, 0.1) is 24.8 Å². The van der Waals surface area contributed by atoms with Crippen molar-refractivity contribution in [1.82, 2.24) is 10.2 Å². The number of amides is 2. The zero-order valence-electron chi connectivity index (χ0n) is 25.6. The highest BCUT2D eigenvalue weighted by molar-refractivity contribution is 7.92. The predicted molar refractivity (Wildman–Crippen MR) is 167 cm³/mol. The van der Waals surface area contributed by atoms with Crippen LogP contribution in [0.3, 0.4) is 0 Å².